The summed E-state index contributed by atoms with van der Waals surface area (Å²) in [6, 6.07) is 5.66. The maximum atomic E-state index is 8.59. The van der Waals surface area contributed by atoms with Crippen molar-refractivity contribution >= 4 is 11.8 Å². The molecule has 0 bridgehead atoms. The lowest BCUT2D eigenvalue weighted by Gasteiger charge is -2.01. The van der Waals surface area contributed by atoms with Gasteiger partial charge in [0.1, 0.15) is 5.03 Å². The molecule has 0 amide bonds. The van der Waals surface area contributed by atoms with Gasteiger partial charge in [0.15, 0.2) is 0 Å². The fraction of sp³-hybridized carbons (Fsp3) is 0.444. The number of pyridine rings is 1. The standard InChI is InChI=1S/C9H13NO2S/c1-12-8-4-2-5-9(10-8)13-7-3-6-11/h2,4-5,11H,3,6-7H2,1H3. The largest absolute Gasteiger partial charge is 0.481 e. The summed E-state index contributed by atoms with van der Waals surface area (Å²) in [5.74, 6) is 1.52. The van der Waals surface area contributed by atoms with Crippen molar-refractivity contribution in [1.29, 1.82) is 0 Å². The molecule has 0 aromatic carbocycles. The first-order valence-corrected chi connectivity index (χ1v) is 5.10. The van der Waals surface area contributed by atoms with Crippen molar-refractivity contribution in [1.82, 2.24) is 4.98 Å². The Labute approximate surface area is 82.1 Å². The summed E-state index contributed by atoms with van der Waals surface area (Å²) in [6.45, 7) is 0.233. The Hall–Kier alpha value is -0.740. The van der Waals surface area contributed by atoms with Crippen molar-refractivity contribution in [2.75, 3.05) is 19.5 Å². The Morgan fingerprint density at radius 2 is 2.38 bits per heavy atom. The number of aliphatic hydroxyl groups is 1. The molecule has 13 heavy (non-hydrogen) atoms. The summed E-state index contributed by atoms with van der Waals surface area (Å²) < 4.78 is 4.99. The summed E-state index contributed by atoms with van der Waals surface area (Å²) in [7, 11) is 1.60. The van der Waals surface area contributed by atoms with E-state index >= 15 is 0 Å². The molecule has 1 aromatic heterocycles. The Morgan fingerprint density at radius 3 is 3.08 bits per heavy atom. The number of nitrogens with zero attached hydrogens (tertiary/aromatic N) is 1. The molecule has 0 saturated heterocycles. The van der Waals surface area contributed by atoms with E-state index < -0.39 is 0 Å². The topological polar surface area (TPSA) is 42.4 Å². The molecule has 1 rings (SSSR count). The number of methoxy groups -OCH3 is 1. The van der Waals surface area contributed by atoms with Crippen LogP contribution in [0.4, 0.5) is 0 Å². The van der Waals surface area contributed by atoms with Gasteiger partial charge < -0.3 is 9.84 Å². The van der Waals surface area contributed by atoms with Gasteiger partial charge in [-0.1, -0.05) is 6.07 Å². The van der Waals surface area contributed by atoms with Gasteiger partial charge in [-0.05, 0) is 12.5 Å². The minimum atomic E-state index is 0.233. The van der Waals surface area contributed by atoms with E-state index in [0.29, 0.717) is 5.88 Å². The second-order valence-electron chi connectivity index (χ2n) is 2.44. The second kappa shape index (κ2) is 5.83. The molecule has 0 radical (unpaired) electrons. The van der Waals surface area contributed by atoms with Crippen LogP contribution in [0.2, 0.25) is 0 Å². The minimum absolute atomic E-state index is 0.233. The number of aromatic nitrogens is 1. The van der Waals surface area contributed by atoms with Crippen LogP contribution in [0, 0.1) is 0 Å². The summed E-state index contributed by atoms with van der Waals surface area (Å²) >= 11 is 1.62. The highest BCUT2D eigenvalue weighted by Crippen LogP contribution is 2.18. The van der Waals surface area contributed by atoms with Crippen molar-refractivity contribution in [3.05, 3.63) is 18.2 Å². The first-order valence-electron chi connectivity index (χ1n) is 4.11. The van der Waals surface area contributed by atoms with Crippen molar-refractivity contribution in [3.63, 3.8) is 0 Å². The highest BCUT2D eigenvalue weighted by Gasteiger charge is 1.97. The molecular weight excluding hydrogens is 186 g/mol. The predicted octanol–water partition coefficient (Wildman–Crippen LogP) is 1.56. The van der Waals surface area contributed by atoms with Crippen molar-refractivity contribution in [3.8, 4) is 5.88 Å². The van der Waals surface area contributed by atoms with Gasteiger partial charge in [-0.25, -0.2) is 4.98 Å². The maximum absolute atomic E-state index is 8.59. The lowest BCUT2D eigenvalue weighted by molar-refractivity contribution is 0.296. The predicted molar refractivity (Wildman–Crippen MR) is 53.2 cm³/mol. The molecule has 1 N–H and O–H groups in total. The highest BCUT2D eigenvalue weighted by atomic mass is 32.2. The van der Waals surface area contributed by atoms with Crippen LogP contribution in [0.3, 0.4) is 0 Å². The van der Waals surface area contributed by atoms with Gasteiger partial charge in [0.25, 0.3) is 0 Å². The first-order chi connectivity index (χ1) is 6.36. The van der Waals surface area contributed by atoms with E-state index in [4.69, 9.17) is 9.84 Å². The molecule has 0 saturated carbocycles. The van der Waals surface area contributed by atoms with Gasteiger partial charge in [-0.15, -0.1) is 11.8 Å². The molecule has 3 nitrogen and oxygen atoms in total. The Kier molecular flexibility index (Phi) is 4.64. The molecule has 0 aliphatic rings. The SMILES string of the molecule is COc1cccc(SCCCO)n1. The number of aliphatic hydroxyl groups excluding tert-OH is 1. The third kappa shape index (κ3) is 3.65. The van der Waals surface area contributed by atoms with Gasteiger partial charge >= 0.3 is 0 Å². The molecule has 0 spiro atoms. The third-order valence-corrected chi connectivity index (χ3v) is 2.48. The normalized spacial score (nSPS) is 10.0. The van der Waals surface area contributed by atoms with E-state index in [1.807, 2.05) is 18.2 Å². The molecule has 0 aliphatic carbocycles. The van der Waals surface area contributed by atoms with Crippen molar-refractivity contribution in [2.45, 2.75) is 11.4 Å². The average molecular weight is 199 g/mol. The van der Waals surface area contributed by atoms with Gasteiger partial charge in [0.05, 0.1) is 7.11 Å². The van der Waals surface area contributed by atoms with Gasteiger partial charge in [0.2, 0.25) is 5.88 Å². The van der Waals surface area contributed by atoms with Crippen LogP contribution < -0.4 is 4.74 Å². The van der Waals surface area contributed by atoms with Crippen molar-refractivity contribution < 1.29 is 9.84 Å². The van der Waals surface area contributed by atoms with Crippen LogP contribution in [-0.2, 0) is 0 Å². The van der Waals surface area contributed by atoms with Crippen LogP contribution in [-0.4, -0.2) is 29.6 Å². The van der Waals surface area contributed by atoms with Crippen LogP contribution in [0.1, 0.15) is 6.42 Å². The number of thioether (sulfide) groups is 1. The van der Waals surface area contributed by atoms with E-state index in [1.54, 1.807) is 18.9 Å². The molecule has 0 fully saturated rings. The zero-order valence-corrected chi connectivity index (χ0v) is 8.38. The van der Waals surface area contributed by atoms with E-state index in [1.165, 1.54) is 0 Å². The summed E-state index contributed by atoms with van der Waals surface area (Å²) in [4.78, 5) is 4.22. The zero-order valence-electron chi connectivity index (χ0n) is 7.56. The third-order valence-electron chi connectivity index (χ3n) is 1.46. The molecule has 1 aromatic rings. The monoisotopic (exact) mass is 199 g/mol. The lowest BCUT2D eigenvalue weighted by Crippen LogP contribution is -1.90. The van der Waals surface area contributed by atoms with E-state index in [9.17, 15) is 0 Å². The van der Waals surface area contributed by atoms with E-state index in [2.05, 4.69) is 4.98 Å². The fourth-order valence-electron chi connectivity index (χ4n) is 0.831. The molecule has 4 heteroatoms. The number of hydrogen-bond donors (Lipinski definition) is 1. The summed E-state index contributed by atoms with van der Waals surface area (Å²) in [5, 5.41) is 9.52. The quantitative estimate of drug-likeness (QED) is 0.577. The number of hydrogen-bond acceptors (Lipinski definition) is 4. The van der Waals surface area contributed by atoms with Gasteiger partial charge in [-0.3, -0.25) is 0 Å². The fourth-order valence-corrected chi connectivity index (χ4v) is 1.64. The molecule has 72 valence electrons. The average Bonchev–Trinajstić information content (AvgIpc) is 2.19. The Morgan fingerprint density at radius 1 is 1.54 bits per heavy atom. The Balaban J connectivity index is 2.46. The Bertz CT molecular complexity index is 255. The summed E-state index contributed by atoms with van der Waals surface area (Å²) in [5.41, 5.74) is 0. The summed E-state index contributed by atoms with van der Waals surface area (Å²) in [6.07, 6.45) is 0.795. The first kappa shape index (κ1) is 10.3. The molecule has 0 aliphatic heterocycles. The number of rotatable bonds is 5. The zero-order chi connectivity index (χ0) is 9.52. The minimum Gasteiger partial charge on any atom is -0.481 e. The molecule has 1 heterocycles. The van der Waals surface area contributed by atoms with Crippen LogP contribution in [0.15, 0.2) is 23.2 Å². The van der Waals surface area contributed by atoms with Gasteiger partial charge in [0, 0.05) is 18.4 Å². The van der Waals surface area contributed by atoms with Gasteiger partial charge in [-0.2, -0.15) is 0 Å². The molecule has 0 atom stereocenters. The highest BCUT2D eigenvalue weighted by molar-refractivity contribution is 7.99. The smallest absolute Gasteiger partial charge is 0.213 e. The van der Waals surface area contributed by atoms with Crippen LogP contribution in [0.25, 0.3) is 0 Å². The lowest BCUT2D eigenvalue weighted by atomic mass is 10.5. The van der Waals surface area contributed by atoms with Crippen LogP contribution >= 0.6 is 11.8 Å². The second-order valence-corrected chi connectivity index (χ2v) is 3.56. The van der Waals surface area contributed by atoms with Crippen LogP contribution in [0.5, 0.6) is 5.88 Å². The number of ether oxygens (including phenoxy) is 1. The van der Waals surface area contributed by atoms with Crippen molar-refractivity contribution in [2.24, 2.45) is 0 Å². The van der Waals surface area contributed by atoms with E-state index in [0.717, 1.165) is 17.2 Å². The molecular formula is C9H13NO2S. The maximum Gasteiger partial charge on any atom is 0.213 e. The van der Waals surface area contributed by atoms with E-state index in [-0.39, 0.29) is 6.61 Å². The molecule has 0 unspecified atom stereocenters.